The number of hydrogen-bond acceptors (Lipinski definition) is 4. The van der Waals surface area contributed by atoms with Crippen LogP contribution in [-0.2, 0) is 4.74 Å². The van der Waals surface area contributed by atoms with Gasteiger partial charge in [-0.15, -0.1) is 0 Å². The third-order valence-electron chi connectivity index (χ3n) is 3.75. The molecule has 1 aromatic heterocycles. The second-order valence-corrected chi connectivity index (χ2v) is 5.51. The number of nitrogens with one attached hydrogen (secondary N) is 1. The summed E-state index contributed by atoms with van der Waals surface area (Å²) in [4.78, 5) is 39.1. The van der Waals surface area contributed by atoms with Crippen molar-refractivity contribution in [1.29, 1.82) is 0 Å². The van der Waals surface area contributed by atoms with Gasteiger partial charge in [0.15, 0.2) is 6.10 Å². The number of carbonyl (C=O) groups is 2. The zero-order valence-corrected chi connectivity index (χ0v) is 13.3. The summed E-state index contributed by atoms with van der Waals surface area (Å²) in [6, 6.07) is 12.9. The largest absolute Gasteiger partial charge is 0.451 e. The van der Waals surface area contributed by atoms with E-state index in [0.29, 0.717) is 10.9 Å². The zero-order valence-electron chi connectivity index (χ0n) is 13.3. The quantitative estimate of drug-likeness (QED) is 0.585. The number of Topliss-reactive ketones (excluding diaryl/α,β-unsaturated/α-hetero) is 1. The summed E-state index contributed by atoms with van der Waals surface area (Å²) in [5, 5.41) is 0.522. The van der Waals surface area contributed by atoms with E-state index in [9.17, 15) is 18.8 Å². The summed E-state index contributed by atoms with van der Waals surface area (Å²) in [6.07, 6.45) is -1.07. The molecule has 0 unspecified atom stereocenters. The number of hydrogen-bond donors (Lipinski definition) is 1. The number of benzene rings is 2. The van der Waals surface area contributed by atoms with E-state index in [1.807, 2.05) is 0 Å². The number of esters is 1. The van der Waals surface area contributed by atoms with Crippen molar-refractivity contribution >= 4 is 22.7 Å². The molecular weight excluding hydrogens is 325 g/mol. The Morgan fingerprint density at radius 1 is 1.08 bits per heavy atom. The number of carbonyl (C=O) groups excluding carboxylic acids is 2. The number of aromatic nitrogens is 1. The number of H-pyrrole nitrogens is 1. The topological polar surface area (TPSA) is 76.2 Å². The van der Waals surface area contributed by atoms with Crippen molar-refractivity contribution in [3.63, 3.8) is 0 Å². The lowest BCUT2D eigenvalue weighted by Crippen LogP contribution is -2.25. The minimum absolute atomic E-state index is 0.0816. The number of fused-ring (bicyclic) bond motifs is 1. The minimum atomic E-state index is -1.07. The van der Waals surface area contributed by atoms with Gasteiger partial charge in [0.2, 0.25) is 11.3 Å². The molecule has 0 amide bonds. The SMILES string of the molecule is C[C@H](OC(=O)c1cc(=O)[nH]c2ccccc12)C(=O)c1ccc(F)cc1. The van der Waals surface area contributed by atoms with Crippen molar-refractivity contribution in [2.24, 2.45) is 0 Å². The Hall–Kier alpha value is -3.28. The van der Waals surface area contributed by atoms with E-state index in [1.165, 1.54) is 19.1 Å². The highest BCUT2D eigenvalue weighted by Crippen LogP contribution is 2.17. The predicted octanol–water partition coefficient (Wildman–Crippen LogP) is 3.10. The predicted molar refractivity (Wildman–Crippen MR) is 90.2 cm³/mol. The first kappa shape index (κ1) is 16.6. The number of pyridine rings is 1. The van der Waals surface area contributed by atoms with Gasteiger partial charge in [-0.2, -0.15) is 0 Å². The molecule has 0 radical (unpaired) electrons. The highest BCUT2D eigenvalue weighted by molar-refractivity contribution is 6.05. The number of ketones is 1. The molecule has 2 aromatic carbocycles. The van der Waals surface area contributed by atoms with Gasteiger partial charge < -0.3 is 9.72 Å². The Morgan fingerprint density at radius 3 is 2.48 bits per heavy atom. The first-order valence-electron chi connectivity index (χ1n) is 7.58. The Kier molecular flexibility index (Phi) is 4.43. The smallest absolute Gasteiger partial charge is 0.339 e. The molecule has 0 aliphatic carbocycles. The van der Waals surface area contributed by atoms with E-state index in [0.717, 1.165) is 18.2 Å². The van der Waals surface area contributed by atoms with Crippen molar-refractivity contribution in [2.45, 2.75) is 13.0 Å². The molecule has 3 aromatic rings. The fourth-order valence-corrected chi connectivity index (χ4v) is 2.50. The number of rotatable bonds is 4. The Balaban J connectivity index is 1.86. The van der Waals surface area contributed by atoms with Crippen LogP contribution >= 0.6 is 0 Å². The van der Waals surface area contributed by atoms with Gasteiger partial charge in [-0.1, -0.05) is 18.2 Å². The number of halogens is 1. The molecule has 1 atom stereocenters. The molecule has 0 fully saturated rings. The van der Waals surface area contributed by atoms with Crippen LogP contribution in [0.2, 0.25) is 0 Å². The maximum absolute atomic E-state index is 12.9. The Bertz CT molecular complexity index is 1010. The van der Waals surface area contributed by atoms with E-state index < -0.39 is 29.2 Å². The van der Waals surface area contributed by atoms with Crippen LogP contribution in [-0.4, -0.2) is 22.8 Å². The maximum Gasteiger partial charge on any atom is 0.339 e. The second-order valence-electron chi connectivity index (χ2n) is 5.51. The molecule has 5 nitrogen and oxygen atoms in total. The van der Waals surface area contributed by atoms with Gasteiger partial charge in [0, 0.05) is 22.5 Å². The first-order valence-corrected chi connectivity index (χ1v) is 7.58. The average Bonchev–Trinajstić information content (AvgIpc) is 2.60. The van der Waals surface area contributed by atoms with Crippen LogP contribution < -0.4 is 5.56 Å². The van der Waals surface area contributed by atoms with Gasteiger partial charge in [0.25, 0.3) is 0 Å². The summed E-state index contributed by atoms with van der Waals surface area (Å²) in [7, 11) is 0. The van der Waals surface area contributed by atoms with E-state index in [4.69, 9.17) is 4.74 Å². The molecule has 3 rings (SSSR count). The summed E-state index contributed by atoms with van der Waals surface area (Å²) in [6.45, 7) is 1.43. The molecule has 6 heteroatoms. The number of ether oxygens (including phenoxy) is 1. The van der Waals surface area contributed by atoms with Crippen LogP contribution in [0.3, 0.4) is 0 Å². The third kappa shape index (κ3) is 3.47. The lowest BCUT2D eigenvalue weighted by atomic mass is 10.1. The van der Waals surface area contributed by atoms with Crippen LogP contribution in [0.15, 0.2) is 59.4 Å². The molecule has 0 aliphatic rings. The van der Waals surface area contributed by atoms with Crippen molar-refractivity contribution in [1.82, 2.24) is 4.98 Å². The van der Waals surface area contributed by atoms with Gasteiger partial charge in [0.1, 0.15) is 5.82 Å². The number of para-hydroxylation sites is 1. The normalized spacial score (nSPS) is 11.9. The molecule has 126 valence electrons. The summed E-state index contributed by atoms with van der Waals surface area (Å²) < 4.78 is 18.2. The van der Waals surface area contributed by atoms with E-state index >= 15 is 0 Å². The van der Waals surface area contributed by atoms with Crippen LogP contribution in [0.5, 0.6) is 0 Å². The van der Waals surface area contributed by atoms with Crippen molar-refractivity contribution in [2.75, 3.05) is 0 Å². The monoisotopic (exact) mass is 339 g/mol. The number of aromatic amines is 1. The van der Waals surface area contributed by atoms with Gasteiger partial charge in [-0.3, -0.25) is 9.59 Å². The lowest BCUT2D eigenvalue weighted by Gasteiger charge is -2.13. The lowest BCUT2D eigenvalue weighted by molar-refractivity contribution is 0.0320. The average molecular weight is 339 g/mol. The van der Waals surface area contributed by atoms with Crippen LogP contribution in [0.25, 0.3) is 10.9 Å². The fraction of sp³-hybridized carbons (Fsp3) is 0.105. The van der Waals surface area contributed by atoms with Crippen molar-refractivity contribution in [3.8, 4) is 0 Å². The standard InChI is InChI=1S/C19H14FNO4/c1-11(18(23)12-6-8-13(20)9-7-12)25-19(24)15-10-17(22)21-16-5-3-2-4-14(15)16/h2-11H,1H3,(H,21,22)/t11-/m0/s1. The molecule has 1 heterocycles. The molecule has 0 saturated carbocycles. The van der Waals surface area contributed by atoms with E-state index in [-0.39, 0.29) is 11.1 Å². The van der Waals surface area contributed by atoms with Crippen molar-refractivity contribution in [3.05, 3.63) is 81.9 Å². The highest BCUT2D eigenvalue weighted by atomic mass is 19.1. The first-order chi connectivity index (χ1) is 12.0. The molecule has 1 N–H and O–H groups in total. The van der Waals surface area contributed by atoms with Crippen LogP contribution in [0.1, 0.15) is 27.6 Å². The summed E-state index contributed by atoms with van der Waals surface area (Å²) in [5.74, 6) is -1.69. The highest BCUT2D eigenvalue weighted by Gasteiger charge is 2.22. The van der Waals surface area contributed by atoms with Gasteiger partial charge in [-0.25, -0.2) is 9.18 Å². The van der Waals surface area contributed by atoms with E-state index in [1.54, 1.807) is 24.3 Å². The van der Waals surface area contributed by atoms with Gasteiger partial charge in [-0.05, 0) is 37.3 Å². The minimum Gasteiger partial charge on any atom is -0.451 e. The molecule has 25 heavy (non-hydrogen) atoms. The van der Waals surface area contributed by atoms with Crippen LogP contribution in [0.4, 0.5) is 4.39 Å². The molecule has 0 saturated heterocycles. The van der Waals surface area contributed by atoms with Crippen LogP contribution in [0, 0.1) is 5.82 Å². The zero-order chi connectivity index (χ0) is 18.0. The summed E-state index contributed by atoms with van der Waals surface area (Å²) in [5.41, 5.74) is 0.373. The van der Waals surface area contributed by atoms with Gasteiger partial charge in [0.05, 0.1) is 5.56 Å². The fourth-order valence-electron chi connectivity index (χ4n) is 2.50. The maximum atomic E-state index is 12.9. The van der Waals surface area contributed by atoms with Gasteiger partial charge >= 0.3 is 5.97 Å². The second kappa shape index (κ2) is 6.68. The third-order valence-corrected chi connectivity index (χ3v) is 3.75. The van der Waals surface area contributed by atoms with Crippen molar-refractivity contribution < 1.29 is 18.7 Å². The summed E-state index contributed by atoms with van der Waals surface area (Å²) >= 11 is 0. The molecular formula is C19H14FNO4. The molecule has 0 spiro atoms. The Morgan fingerprint density at radius 2 is 1.76 bits per heavy atom. The molecule has 0 bridgehead atoms. The Labute approximate surface area is 142 Å². The van der Waals surface area contributed by atoms with E-state index in [2.05, 4.69) is 4.98 Å². The molecule has 0 aliphatic heterocycles.